The Hall–Kier alpha value is -2.17. The molecule has 3 rings (SSSR count). The first-order valence-corrected chi connectivity index (χ1v) is 8.40. The minimum absolute atomic E-state index is 0.0652. The van der Waals surface area contributed by atoms with Gasteiger partial charge in [0.2, 0.25) is 5.91 Å². The molecule has 1 atom stereocenters. The zero-order chi connectivity index (χ0) is 17.0. The minimum atomic E-state index is -0.434. The molecule has 0 bridgehead atoms. The van der Waals surface area contributed by atoms with Crippen molar-refractivity contribution in [2.75, 3.05) is 11.9 Å². The van der Waals surface area contributed by atoms with Crippen LogP contribution >= 0.6 is 0 Å². The predicted molar refractivity (Wildman–Crippen MR) is 95.5 cm³/mol. The average molecular weight is 324 g/mol. The largest absolute Gasteiger partial charge is 0.388 e. The van der Waals surface area contributed by atoms with Crippen molar-refractivity contribution in [3.63, 3.8) is 0 Å². The summed E-state index contributed by atoms with van der Waals surface area (Å²) in [5.74, 6) is -0.0689. The van der Waals surface area contributed by atoms with Crippen molar-refractivity contribution in [1.29, 1.82) is 0 Å². The van der Waals surface area contributed by atoms with E-state index in [-0.39, 0.29) is 11.3 Å². The van der Waals surface area contributed by atoms with Gasteiger partial charge in [-0.3, -0.25) is 4.79 Å². The summed E-state index contributed by atoms with van der Waals surface area (Å²) in [6, 6.07) is 17.7. The SMILES string of the molecule is CC(=O)Nc1ccccc1CNCC1(C(O)c2ccccc2)CC1. The summed E-state index contributed by atoms with van der Waals surface area (Å²) < 4.78 is 0. The van der Waals surface area contributed by atoms with Crippen LogP contribution in [0.25, 0.3) is 0 Å². The molecule has 0 radical (unpaired) electrons. The van der Waals surface area contributed by atoms with Gasteiger partial charge in [0.15, 0.2) is 0 Å². The second kappa shape index (κ2) is 7.16. The molecule has 2 aromatic rings. The van der Waals surface area contributed by atoms with E-state index in [4.69, 9.17) is 0 Å². The molecule has 1 aliphatic rings. The Labute approximate surface area is 142 Å². The van der Waals surface area contributed by atoms with Crippen LogP contribution in [0.4, 0.5) is 5.69 Å². The fraction of sp³-hybridized carbons (Fsp3) is 0.350. The van der Waals surface area contributed by atoms with E-state index in [1.54, 1.807) is 0 Å². The van der Waals surface area contributed by atoms with Crippen molar-refractivity contribution in [1.82, 2.24) is 5.32 Å². The molecule has 0 aliphatic heterocycles. The first-order valence-electron chi connectivity index (χ1n) is 8.40. The first-order chi connectivity index (χ1) is 11.6. The Balaban J connectivity index is 1.60. The van der Waals surface area contributed by atoms with E-state index in [2.05, 4.69) is 10.6 Å². The molecule has 1 unspecified atom stereocenters. The zero-order valence-corrected chi connectivity index (χ0v) is 14.0. The number of hydrogen-bond acceptors (Lipinski definition) is 3. The van der Waals surface area contributed by atoms with Crippen LogP contribution in [0.3, 0.4) is 0 Å². The second-order valence-corrected chi connectivity index (χ2v) is 6.62. The lowest BCUT2D eigenvalue weighted by Crippen LogP contribution is -2.29. The maximum Gasteiger partial charge on any atom is 0.221 e. The Morgan fingerprint density at radius 1 is 1.12 bits per heavy atom. The number of carbonyl (C=O) groups excluding carboxylic acids is 1. The molecule has 3 N–H and O–H groups in total. The molecule has 1 aliphatic carbocycles. The number of benzene rings is 2. The van der Waals surface area contributed by atoms with Crippen LogP contribution in [0.5, 0.6) is 0 Å². The van der Waals surface area contributed by atoms with E-state index >= 15 is 0 Å². The molecule has 24 heavy (non-hydrogen) atoms. The van der Waals surface area contributed by atoms with E-state index < -0.39 is 6.10 Å². The highest BCUT2D eigenvalue weighted by atomic mass is 16.3. The van der Waals surface area contributed by atoms with Crippen LogP contribution in [0.2, 0.25) is 0 Å². The Morgan fingerprint density at radius 3 is 2.46 bits per heavy atom. The molecule has 4 nitrogen and oxygen atoms in total. The lowest BCUT2D eigenvalue weighted by atomic mass is 9.92. The molecule has 1 amide bonds. The molecule has 2 aromatic carbocycles. The summed E-state index contributed by atoms with van der Waals surface area (Å²) in [6.07, 6.45) is 1.63. The van der Waals surface area contributed by atoms with Gasteiger partial charge in [-0.2, -0.15) is 0 Å². The third-order valence-corrected chi connectivity index (χ3v) is 4.71. The van der Waals surface area contributed by atoms with Crippen LogP contribution in [0.15, 0.2) is 54.6 Å². The molecule has 0 saturated heterocycles. The van der Waals surface area contributed by atoms with Crippen molar-refractivity contribution < 1.29 is 9.90 Å². The smallest absolute Gasteiger partial charge is 0.221 e. The van der Waals surface area contributed by atoms with Crippen molar-refractivity contribution in [3.05, 3.63) is 65.7 Å². The zero-order valence-electron chi connectivity index (χ0n) is 14.0. The minimum Gasteiger partial charge on any atom is -0.388 e. The summed E-state index contributed by atoms with van der Waals surface area (Å²) >= 11 is 0. The molecule has 0 heterocycles. The third kappa shape index (κ3) is 3.83. The van der Waals surface area contributed by atoms with Crippen LogP contribution in [-0.4, -0.2) is 17.6 Å². The van der Waals surface area contributed by atoms with E-state index in [1.807, 2.05) is 54.6 Å². The van der Waals surface area contributed by atoms with Gasteiger partial charge in [0.05, 0.1) is 6.10 Å². The highest BCUT2D eigenvalue weighted by molar-refractivity contribution is 5.89. The Morgan fingerprint density at radius 2 is 1.79 bits per heavy atom. The topological polar surface area (TPSA) is 61.4 Å². The number of hydrogen-bond donors (Lipinski definition) is 3. The fourth-order valence-electron chi connectivity index (χ4n) is 3.13. The number of aliphatic hydroxyl groups is 1. The van der Waals surface area contributed by atoms with Crippen LogP contribution < -0.4 is 10.6 Å². The van der Waals surface area contributed by atoms with Gasteiger partial charge in [0.1, 0.15) is 0 Å². The highest BCUT2D eigenvalue weighted by Crippen LogP contribution is 2.54. The molecule has 1 saturated carbocycles. The van der Waals surface area contributed by atoms with E-state index in [0.29, 0.717) is 6.54 Å². The van der Waals surface area contributed by atoms with E-state index in [1.165, 1.54) is 6.92 Å². The number of para-hydroxylation sites is 1. The van der Waals surface area contributed by atoms with Crippen molar-refractivity contribution in [3.8, 4) is 0 Å². The second-order valence-electron chi connectivity index (χ2n) is 6.62. The average Bonchev–Trinajstić information content (AvgIpc) is 3.37. The lowest BCUT2D eigenvalue weighted by Gasteiger charge is -2.23. The van der Waals surface area contributed by atoms with Crippen molar-refractivity contribution in [2.24, 2.45) is 5.41 Å². The number of anilines is 1. The molecular weight excluding hydrogens is 300 g/mol. The number of nitrogens with one attached hydrogen (secondary N) is 2. The maximum atomic E-state index is 11.3. The van der Waals surface area contributed by atoms with Gasteiger partial charge in [-0.15, -0.1) is 0 Å². The molecular formula is C20H24N2O2. The van der Waals surface area contributed by atoms with Gasteiger partial charge in [-0.1, -0.05) is 48.5 Å². The molecule has 0 aromatic heterocycles. The first kappa shape index (κ1) is 16.7. The van der Waals surface area contributed by atoms with Crippen LogP contribution in [0, 0.1) is 5.41 Å². The molecule has 1 fully saturated rings. The quantitative estimate of drug-likeness (QED) is 0.733. The fourth-order valence-corrected chi connectivity index (χ4v) is 3.13. The summed E-state index contributed by atoms with van der Waals surface area (Å²) in [5, 5.41) is 17.0. The Bertz CT molecular complexity index is 696. The summed E-state index contributed by atoms with van der Waals surface area (Å²) in [6.45, 7) is 2.94. The van der Waals surface area contributed by atoms with Gasteiger partial charge >= 0.3 is 0 Å². The summed E-state index contributed by atoms with van der Waals surface area (Å²) in [4.78, 5) is 11.3. The maximum absolute atomic E-state index is 11.3. The standard InChI is InChI=1S/C20H24N2O2/c1-15(23)22-18-10-6-5-9-17(18)13-21-14-20(11-12-20)19(24)16-7-3-2-4-8-16/h2-10,19,21,24H,11-14H2,1H3,(H,22,23). The van der Waals surface area contributed by atoms with Gasteiger partial charge in [-0.05, 0) is 30.0 Å². The monoisotopic (exact) mass is 324 g/mol. The normalized spacial score (nSPS) is 16.4. The van der Waals surface area contributed by atoms with Gasteiger partial charge < -0.3 is 15.7 Å². The predicted octanol–water partition coefficient (Wildman–Crippen LogP) is 3.25. The number of amides is 1. The van der Waals surface area contributed by atoms with Gasteiger partial charge in [-0.25, -0.2) is 0 Å². The number of aliphatic hydroxyl groups excluding tert-OH is 1. The lowest BCUT2D eigenvalue weighted by molar-refractivity contribution is -0.114. The highest BCUT2D eigenvalue weighted by Gasteiger charge is 2.48. The summed E-state index contributed by atoms with van der Waals surface area (Å²) in [7, 11) is 0. The van der Waals surface area contributed by atoms with Crippen LogP contribution in [0.1, 0.15) is 37.0 Å². The van der Waals surface area contributed by atoms with Crippen molar-refractivity contribution in [2.45, 2.75) is 32.4 Å². The van der Waals surface area contributed by atoms with Gasteiger partial charge in [0.25, 0.3) is 0 Å². The summed E-state index contributed by atoms with van der Waals surface area (Å²) in [5.41, 5.74) is 2.81. The molecule has 126 valence electrons. The Kier molecular flexibility index (Phi) is 4.97. The molecule has 0 spiro atoms. The number of carbonyl (C=O) groups is 1. The van der Waals surface area contributed by atoms with E-state index in [0.717, 1.165) is 36.2 Å². The van der Waals surface area contributed by atoms with Crippen LogP contribution in [-0.2, 0) is 11.3 Å². The van der Waals surface area contributed by atoms with E-state index in [9.17, 15) is 9.90 Å². The van der Waals surface area contributed by atoms with Gasteiger partial charge in [0, 0.05) is 31.1 Å². The third-order valence-electron chi connectivity index (χ3n) is 4.71. The molecule has 4 heteroatoms. The number of rotatable bonds is 7. The van der Waals surface area contributed by atoms with Crippen molar-refractivity contribution >= 4 is 11.6 Å².